The third kappa shape index (κ3) is 4.79. The normalized spacial score (nSPS) is 20.4. The van der Waals surface area contributed by atoms with Gasteiger partial charge in [0.1, 0.15) is 11.5 Å². The second-order valence-corrected chi connectivity index (χ2v) is 7.13. The minimum absolute atomic E-state index is 0.0394. The molecule has 5 heteroatoms. The number of aromatic nitrogens is 2. The Balaban J connectivity index is 2.15. The number of Topliss-reactive ketones (excluding diaryl/α,β-unsaturated/α-hetero) is 1. The van der Waals surface area contributed by atoms with Gasteiger partial charge in [-0.1, -0.05) is 25.5 Å². The van der Waals surface area contributed by atoms with Gasteiger partial charge in [0.25, 0.3) is 0 Å². The standard InChI is InChI=1S/C21H31N3O2/c1-6-18-12-17(13-19(26)10-8-15(3)23(5)7-2)9-11-21-22-14-20(16(4)25)24(18)21/h8,10,13-15,18H,6-7,9,11-12H2,1-5H3/b10-8+,17-13-/t15-,18-/m0/s1. The van der Waals surface area contributed by atoms with E-state index in [9.17, 15) is 9.59 Å². The topological polar surface area (TPSA) is 55.2 Å². The lowest BCUT2D eigenvalue weighted by atomic mass is 10.00. The van der Waals surface area contributed by atoms with E-state index in [-0.39, 0.29) is 23.7 Å². The summed E-state index contributed by atoms with van der Waals surface area (Å²) in [5.74, 6) is 1.03. The van der Waals surface area contributed by atoms with Crippen molar-refractivity contribution in [2.75, 3.05) is 13.6 Å². The predicted octanol–water partition coefficient (Wildman–Crippen LogP) is 3.77. The third-order valence-corrected chi connectivity index (χ3v) is 5.32. The van der Waals surface area contributed by atoms with Gasteiger partial charge in [0.05, 0.1) is 6.20 Å². The Kier molecular flexibility index (Phi) is 7.09. The fraction of sp³-hybridized carbons (Fsp3) is 0.571. The van der Waals surface area contributed by atoms with Crippen LogP contribution in [0.1, 0.15) is 69.3 Å². The summed E-state index contributed by atoms with van der Waals surface area (Å²) in [6.45, 7) is 8.83. The molecule has 142 valence electrons. The predicted molar refractivity (Wildman–Crippen MR) is 104 cm³/mol. The summed E-state index contributed by atoms with van der Waals surface area (Å²) >= 11 is 0. The number of nitrogens with zero attached hydrogens (tertiary/aromatic N) is 3. The highest BCUT2D eigenvalue weighted by molar-refractivity contribution is 5.99. The van der Waals surface area contributed by atoms with E-state index in [1.165, 1.54) is 0 Å². The van der Waals surface area contributed by atoms with Crippen molar-refractivity contribution in [1.82, 2.24) is 14.5 Å². The molecule has 0 spiro atoms. The highest BCUT2D eigenvalue weighted by Gasteiger charge is 2.24. The molecule has 2 atom stereocenters. The summed E-state index contributed by atoms with van der Waals surface area (Å²) in [6.07, 6.45) is 10.4. The monoisotopic (exact) mass is 357 g/mol. The minimum atomic E-state index is 0.0394. The molecule has 0 saturated heterocycles. The number of hydrogen-bond donors (Lipinski definition) is 0. The van der Waals surface area contributed by atoms with Crippen molar-refractivity contribution in [2.24, 2.45) is 0 Å². The molecule has 1 aromatic heterocycles. The number of hydrogen-bond acceptors (Lipinski definition) is 4. The fourth-order valence-electron chi connectivity index (χ4n) is 3.40. The van der Waals surface area contributed by atoms with Crippen LogP contribution in [-0.4, -0.2) is 45.7 Å². The average Bonchev–Trinajstić information content (AvgIpc) is 2.97. The van der Waals surface area contributed by atoms with E-state index < -0.39 is 0 Å². The highest BCUT2D eigenvalue weighted by atomic mass is 16.1. The molecule has 1 aliphatic heterocycles. The van der Waals surface area contributed by atoms with Crippen LogP contribution in [0.25, 0.3) is 0 Å². The van der Waals surface area contributed by atoms with Crippen molar-refractivity contribution in [3.8, 4) is 0 Å². The fourth-order valence-corrected chi connectivity index (χ4v) is 3.40. The summed E-state index contributed by atoms with van der Waals surface area (Å²) in [7, 11) is 2.04. The van der Waals surface area contributed by atoms with Crippen molar-refractivity contribution in [2.45, 2.75) is 65.5 Å². The third-order valence-electron chi connectivity index (χ3n) is 5.32. The van der Waals surface area contributed by atoms with Gasteiger partial charge in [-0.15, -0.1) is 0 Å². The van der Waals surface area contributed by atoms with E-state index >= 15 is 0 Å². The molecule has 0 amide bonds. The van der Waals surface area contributed by atoms with Gasteiger partial charge in [-0.3, -0.25) is 9.59 Å². The van der Waals surface area contributed by atoms with Crippen LogP contribution in [0.15, 0.2) is 30.0 Å². The van der Waals surface area contributed by atoms with Crippen LogP contribution in [0.2, 0.25) is 0 Å². The van der Waals surface area contributed by atoms with Gasteiger partial charge < -0.3 is 9.47 Å². The number of allylic oxidation sites excluding steroid dienone is 3. The van der Waals surface area contributed by atoms with Crippen LogP contribution in [0.4, 0.5) is 0 Å². The maximum absolute atomic E-state index is 12.4. The SMILES string of the molecule is CC[C@H]1C/C(=C\C(=O)/C=C/[C@H](C)N(C)CC)CCc2ncc(C(C)=O)n21. The molecule has 1 aromatic rings. The summed E-state index contributed by atoms with van der Waals surface area (Å²) in [6, 6.07) is 0.421. The lowest BCUT2D eigenvalue weighted by Gasteiger charge is -2.19. The lowest BCUT2D eigenvalue weighted by molar-refractivity contribution is -0.110. The Morgan fingerprint density at radius 2 is 2.12 bits per heavy atom. The van der Waals surface area contributed by atoms with Crippen LogP contribution in [0, 0.1) is 0 Å². The first-order valence-electron chi connectivity index (χ1n) is 9.56. The highest BCUT2D eigenvalue weighted by Crippen LogP contribution is 2.31. The second kappa shape index (κ2) is 9.08. The van der Waals surface area contributed by atoms with Crippen LogP contribution in [0.3, 0.4) is 0 Å². The molecule has 5 nitrogen and oxygen atoms in total. The summed E-state index contributed by atoms with van der Waals surface area (Å²) in [5, 5.41) is 0. The van der Waals surface area contributed by atoms with Crippen LogP contribution in [0.5, 0.6) is 0 Å². The Bertz CT molecular complexity index is 715. The van der Waals surface area contributed by atoms with Gasteiger partial charge in [-0.2, -0.15) is 0 Å². The second-order valence-electron chi connectivity index (χ2n) is 7.13. The zero-order valence-corrected chi connectivity index (χ0v) is 16.7. The first kappa shape index (κ1) is 20.3. The van der Waals surface area contributed by atoms with E-state index in [0.29, 0.717) is 5.69 Å². The summed E-state index contributed by atoms with van der Waals surface area (Å²) in [4.78, 5) is 30.9. The Hall–Kier alpha value is -2.01. The van der Waals surface area contributed by atoms with Crippen LogP contribution < -0.4 is 0 Å². The molecule has 0 aliphatic carbocycles. The van der Waals surface area contributed by atoms with Gasteiger partial charge in [-0.25, -0.2) is 4.98 Å². The van der Waals surface area contributed by atoms with E-state index in [0.717, 1.165) is 43.6 Å². The van der Waals surface area contributed by atoms with Crippen LogP contribution in [-0.2, 0) is 11.2 Å². The molecule has 26 heavy (non-hydrogen) atoms. The maximum atomic E-state index is 12.4. The first-order valence-corrected chi connectivity index (χ1v) is 9.56. The van der Waals surface area contributed by atoms with E-state index in [1.54, 1.807) is 25.3 Å². The molecular weight excluding hydrogens is 326 g/mol. The van der Waals surface area contributed by atoms with Gasteiger partial charge in [-0.05, 0) is 51.9 Å². The molecular formula is C21H31N3O2. The van der Waals surface area contributed by atoms with E-state index in [4.69, 9.17) is 0 Å². The lowest BCUT2D eigenvalue weighted by Crippen LogP contribution is -2.26. The number of fused-ring (bicyclic) bond motifs is 1. The molecule has 0 radical (unpaired) electrons. The number of ketones is 2. The Morgan fingerprint density at radius 3 is 2.73 bits per heavy atom. The first-order chi connectivity index (χ1) is 12.4. The molecule has 0 saturated carbocycles. The molecule has 2 rings (SSSR count). The molecule has 0 N–H and O–H groups in total. The maximum Gasteiger partial charge on any atom is 0.178 e. The molecule has 2 heterocycles. The van der Waals surface area contributed by atoms with Gasteiger partial charge in [0.15, 0.2) is 11.6 Å². The van der Waals surface area contributed by atoms with Crippen molar-refractivity contribution in [1.29, 1.82) is 0 Å². The van der Waals surface area contributed by atoms with E-state index in [1.807, 2.05) is 13.1 Å². The zero-order valence-electron chi connectivity index (χ0n) is 16.7. The summed E-state index contributed by atoms with van der Waals surface area (Å²) < 4.78 is 2.09. The van der Waals surface area contributed by atoms with Crippen molar-refractivity contribution in [3.63, 3.8) is 0 Å². The van der Waals surface area contributed by atoms with Gasteiger partial charge >= 0.3 is 0 Å². The summed E-state index contributed by atoms with van der Waals surface area (Å²) in [5.41, 5.74) is 1.82. The van der Waals surface area contributed by atoms with Gasteiger partial charge in [0, 0.05) is 25.4 Å². The number of rotatable bonds is 7. The number of carbonyl (C=O) groups is 2. The molecule has 0 aromatic carbocycles. The smallest absolute Gasteiger partial charge is 0.178 e. The number of imidazole rings is 1. The Morgan fingerprint density at radius 1 is 1.38 bits per heavy atom. The average molecular weight is 357 g/mol. The molecule has 1 aliphatic rings. The Labute approximate surface area is 156 Å². The largest absolute Gasteiger partial charge is 0.322 e. The van der Waals surface area contributed by atoms with E-state index in [2.05, 4.69) is 35.2 Å². The minimum Gasteiger partial charge on any atom is -0.322 e. The van der Waals surface area contributed by atoms with Crippen molar-refractivity contribution < 1.29 is 9.59 Å². The number of carbonyl (C=O) groups excluding carboxylic acids is 2. The van der Waals surface area contributed by atoms with Crippen molar-refractivity contribution in [3.05, 3.63) is 41.5 Å². The van der Waals surface area contributed by atoms with Crippen LogP contribution >= 0.6 is 0 Å². The molecule has 0 unspecified atom stereocenters. The zero-order chi connectivity index (χ0) is 19.3. The quantitative estimate of drug-likeness (QED) is 0.551. The molecule has 0 fully saturated rings. The number of aryl methyl sites for hydroxylation is 1. The van der Waals surface area contributed by atoms with Crippen molar-refractivity contribution >= 4 is 11.6 Å². The number of likely N-dealkylation sites (N-methyl/N-ethyl adjacent to an activating group) is 1. The molecule has 0 bridgehead atoms. The van der Waals surface area contributed by atoms with Gasteiger partial charge in [0.2, 0.25) is 0 Å².